The molecule has 0 amide bonds. The normalized spacial score (nSPS) is 11.0. The van der Waals surface area contributed by atoms with Gasteiger partial charge in [-0.3, -0.25) is 0 Å². The second-order valence-electron chi connectivity index (χ2n) is 2.93. The highest BCUT2D eigenvalue weighted by Gasteiger charge is 2.08. The average molecular weight is 233 g/mol. The third kappa shape index (κ3) is 2.06. The van der Waals surface area contributed by atoms with Crippen LogP contribution >= 0.6 is 27.3 Å². The first-order valence-electron chi connectivity index (χ1n) is 3.93. The topological polar surface area (TPSA) is 0 Å². The molecule has 1 aromatic heterocycles. The fourth-order valence-electron chi connectivity index (χ4n) is 1.000. The van der Waals surface area contributed by atoms with E-state index in [0.29, 0.717) is 5.92 Å². The van der Waals surface area contributed by atoms with E-state index in [1.54, 1.807) is 0 Å². The van der Waals surface area contributed by atoms with Crippen molar-refractivity contribution in [2.24, 2.45) is 0 Å². The minimum Gasteiger partial charge on any atom is -0.144 e. The second kappa shape index (κ2) is 3.72. The molecule has 0 atom stereocenters. The van der Waals surface area contributed by atoms with Gasteiger partial charge in [0.25, 0.3) is 0 Å². The second-order valence-corrected chi connectivity index (χ2v) is 4.96. The fourth-order valence-corrected chi connectivity index (χ4v) is 3.12. The first-order valence-corrected chi connectivity index (χ1v) is 5.54. The molecule has 1 rings (SSSR count). The van der Waals surface area contributed by atoms with Crippen LogP contribution < -0.4 is 0 Å². The molecule has 0 bridgehead atoms. The Labute approximate surface area is 80.8 Å². The summed E-state index contributed by atoms with van der Waals surface area (Å²) in [5.41, 5.74) is 0. The van der Waals surface area contributed by atoms with Crippen molar-refractivity contribution < 1.29 is 0 Å². The van der Waals surface area contributed by atoms with Gasteiger partial charge in [-0.15, -0.1) is 11.3 Å². The summed E-state index contributed by atoms with van der Waals surface area (Å²) in [5, 5.41) is 0. The van der Waals surface area contributed by atoms with Gasteiger partial charge in [-0.2, -0.15) is 0 Å². The van der Waals surface area contributed by atoms with Crippen LogP contribution in [0.4, 0.5) is 0 Å². The summed E-state index contributed by atoms with van der Waals surface area (Å²) in [5.74, 6) is 0.648. The van der Waals surface area contributed by atoms with Crippen molar-refractivity contribution in [2.45, 2.75) is 33.1 Å². The monoisotopic (exact) mass is 232 g/mol. The summed E-state index contributed by atoms with van der Waals surface area (Å²) in [7, 11) is 0. The minimum atomic E-state index is 0.648. The van der Waals surface area contributed by atoms with Crippen molar-refractivity contribution in [3.63, 3.8) is 0 Å². The number of hydrogen-bond acceptors (Lipinski definition) is 1. The Morgan fingerprint density at radius 1 is 1.55 bits per heavy atom. The van der Waals surface area contributed by atoms with Crippen molar-refractivity contribution in [3.05, 3.63) is 20.3 Å². The molecule has 0 nitrogen and oxygen atoms in total. The molecule has 0 aliphatic heterocycles. The van der Waals surface area contributed by atoms with Gasteiger partial charge in [-0.05, 0) is 34.3 Å². The Kier molecular flexibility index (Phi) is 3.14. The van der Waals surface area contributed by atoms with Crippen LogP contribution in [0.3, 0.4) is 0 Å². The maximum absolute atomic E-state index is 3.57. The molecule has 0 fully saturated rings. The van der Waals surface area contributed by atoms with Gasteiger partial charge in [0.1, 0.15) is 0 Å². The van der Waals surface area contributed by atoms with Crippen LogP contribution in [0.15, 0.2) is 10.5 Å². The molecule has 0 spiro atoms. The van der Waals surface area contributed by atoms with Gasteiger partial charge >= 0.3 is 0 Å². The zero-order valence-corrected chi connectivity index (χ0v) is 9.55. The molecular formula is C9H13BrS. The van der Waals surface area contributed by atoms with Crippen LogP contribution in [0, 0.1) is 0 Å². The maximum Gasteiger partial charge on any atom is 0.0319 e. The van der Waals surface area contributed by atoms with Gasteiger partial charge in [-0.1, -0.05) is 20.8 Å². The maximum atomic E-state index is 3.57. The Morgan fingerprint density at radius 3 is 2.45 bits per heavy atom. The molecule has 0 unspecified atom stereocenters. The van der Waals surface area contributed by atoms with E-state index >= 15 is 0 Å². The molecule has 0 radical (unpaired) electrons. The SMILES string of the molecule is CCc1cc(Br)c(C(C)C)s1. The van der Waals surface area contributed by atoms with Crippen molar-refractivity contribution >= 4 is 27.3 Å². The summed E-state index contributed by atoms with van der Waals surface area (Å²) in [6.07, 6.45) is 1.15. The quantitative estimate of drug-likeness (QED) is 0.718. The van der Waals surface area contributed by atoms with Crippen LogP contribution in [0.5, 0.6) is 0 Å². The third-order valence-electron chi connectivity index (χ3n) is 1.64. The summed E-state index contributed by atoms with van der Waals surface area (Å²) < 4.78 is 1.29. The van der Waals surface area contributed by atoms with Crippen molar-refractivity contribution in [1.82, 2.24) is 0 Å². The predicted molar refractivity (Wildman–Crippen MR) is 55.5 cm³/mol. The van der Waals surface area contributed by atoms with Gasteiger partial charge in [-0.25, -0.2) is 0 Å². The van der Waals surface area contributed by atoms with E-state index in [1.807, 2.05) is 11.3 Å². The fraction of sp³-hybridized carbons (Fsp3) is 0.556. The Balaban J connectivity index is 2.97. The first kappa shape index (κ1) is 9.27. The van der Waals surface area contributed by atoms with Crippen LogP contribution in [0.25, 0.3) is 0 Å². The molecule has 0 aliphatic rings. The number of hydrogen-bond donors (Lipinski definition) is 0. The Bertz CT molecular complexity index is 238. The Hall–Kier alpha value is 0.180. The van der Waals surface area contributed by atoms with Gasteiger partial charge < -0.3 is 0 Å². The Morgan fingerprint density at radius 2 is 2.18 bits per heavy atom. The molecule has 0 saturated heterocycles. The minimum absolute atomic E-state index is 0.648. The van der Waals surface area contributed by atoms with E-state index in [2.05, 4.69) is 42.8 Å². The van der Waals surface area contributed by atoms with E-state index in [4.69, 9.17) is 0 Å². The predicted octanol–water partition coefficient (Wildman–Crippen LogP) is 4.20. The van der Waals surface area contributed by atoms with Gasteiger partial charge in [0, 0.05) is 14.2 Å². The van der Waals surface area contributed by atoms with Gasteiger partial charge in [0.2, 0.25) is 0 Å². The van der Waals surface area contributed by atoms with Crippen molar-refractivity contribution in [2.75, 3.05) is 0 Å². The first-order chi connectivity index (χ1) is 5.15. The number of thiophene rings is 1. The van der Waals surface area contributed by atoms with Crippen LogP contribution in [-0.4, -0.2) is 0 Å². The largest absolute Gasteiger partial charge is 0.144 e. The molecule has 0 saturated carbocycles. The lowest BCUT2D eigenvalue weighted by Crippen LogP contribution is -1.80. The van der Waals surface area contributed by atoms with E-state index in [9.17, 15) is 0 Å². The molecular weight excluding hydrogens is 220 g/mol. The molecule has 0 aliphatic carbocycles. The number of aryl methyl sites for hydroxylation is 1. The van der Waals surface area contributed by atoms with E-state index in [-0.39, 0.29) is 0 Å². The molecule has 11 heavy (non-hydrogen) atoms. The highest BCUT2D eigenvalue weighted by atomic mass is 79.9. The van der Waals surface area contributed by atoms with E-state index < -0.39 is 0 Å². The van der Waals surface area contributed by atoms with Crippen molar-refractivity contribution in [3.8, 4) is 0 Å². The van der Waals surface area contributed by atoms with E-state index in [0.717, 1.165) is 6.42 Å². The highest BCUT2D eigenvalue weighted by molar-refractivity contribution is 9.10. The molecule has 0 aromatic carbocycles. The molecule has 2 heteroatoms. The molecule has 1 aromatic rings. The van der Waals surface area contributed by atoms with Crippen LogP contribution in [-0.2, 0) is 6.42 Å². The van der Waals surface area contributed by atoms with E-state index in [1.165, 1.54) is 14.2 Å². The lowest BCUT2D eigenvalue weighted by atomic mass is 10.2. The number of halogens is 1. The smallest absolute Gasteiger partial charge is 0.0319 e. The van der Waals surface area contributed by atoms with Crippen LogP contribution in [0.1, 0.15) is 36.4 Å². The highest BCUT2D eigenvalue weighted by Crippen LogP contribution is 2.33. The summed E-state index contributed by atoms with van der Waals surface area (Å²) in [6.45, 7) is 6.66. The summed E-state index contributed by atoms with van der Waals surface area (Å²) in [4.78, 5) is 2.95. The average Bonchev–Trinajstić information content (AvgIpc) is 2.30. The third-order valence-corrected chi connectivity index (χ3v) is 4.14. The van der Waals surface area contributed by atoms with Crippen LogP contribution in [0.2, 0.25) is 0 Å². The van der Waals surface area contributed by atoms with Crippen molar-refractivity contribution in [1.29, 1.82) is 0 Å². The molecule has 1 heterocycles. The summed E-state index contributed by atoms with van der Waals surface area (Å²) in [6, 6.07) is 2.24. The van der Waals surface area contributed by atoms with Gasteiger partial charge in [0.15, 0.2) is 0 Å². The number of rotatable bonds is 2. The van der Waals surface area contributed by atoms with Gasteiger partial charge in [0.05, 0.1) is 0 Å². The lowest BCUT2D eigenvalue weighted by Gasteiger charge is -1.99. The molecule has 0 N–H and O–H groups in total. The lowest BCUT2D eigenvalue weighted by molar-refractivity contribution is 0.885. The zero-order chi connectivity index (χ0) is 8.43. The standard InChI is InChI=1S/C9H13BrS/c1-4-7-5-8(10)9(11-7)6(2)3/h5-6H,4H2,1-3H3. The molecule has 62 valence electrons. The summed E-state index contributed by atoms with van der Waals surface area (Å²) >= 11 is 5.49. The zero-order valence-electron chi connectivity index (χ0n) is 7.15.